The van der Waals surface area contributed by atoms with E-state index < -0.39 is 28.6 Å². The summed E-state index contributed by atoms with van der Waals surface area (Å²) in [7, 11) is 0. The summed E-state index contributed by atoms with van der Waals surface area (Å²) < 4.78 is 19.7. The predicted molar refractivity (Wildman–Crippen MR) is 148 cm³/mol. The SMILES string of the molecule is CCC=C(O)C1=C2OC(C)C=C3C=CC4(O)CC5C=CC6=C7C8C(=C1C(C75)C4(O)C32)C=CC12OC1C=CC1(OC61)C82. The van der Waals surface area contributed by atoms with Crippen molar-refractivity contribution >= 4 is 0 Å². The van der Waals surface area contributed by atoms with Crippen LogP contribution < -0.4 is 0 Å². The number of aliphatic hydroxyl groups is 3. The number of allylic oxidation sites excluding steroid dienone is 7. The Balaban J connectivity index is 1.31. The minimum atomic E-state index is -1.52. The Kier molecular flexibility index (Phi) is 3.52. The van der Waals surface area contributed by atoms with Gasteiger partial charge in [-0.25, -0.2) is 0 Å². The molecule has 0 aromatic carbocycles. The number of hydrogen-bond donors (Lipinski definition) is 3. The zero-order valence-corrected chi connectivity index (χ0v) is 23.0. The average molecular weight is 549 g/mol. The van der Waals surface area contributed by atoms with Gasteiger partial charge >= 0.3 is 0 Å². The Morgan fingerprint density at radius 3 is 2.78 bits per heavy atom. The summed E-state index contributed by atoms with van der Waals surface area (Å²) in [5.41, 5.74) is 2.57. The van der Waals surface area contributed by atoms with E-state index in [0.717, 1.165) is 16.7 Å². The normalized spacial score (nSPS) is 56.1. The first-order chi connectivity index (χ1) is 19.8. The van der Waals surface area contributed by atoms with Gasteiger partial charge in [0.05, 0.1) is 11.5 Å². The summed E-state index contributed by atoms with van der Waals surface area (Å²) in [4.78, 5) is 0. The quantitative estimate of drug-likeness (QED) is 0.272. The molecule has 13 unspecified atom stereocenters. The van der Waals surface area contributed by atoms with Crippen LogP contribution in [0.3, 0.4) is 0 Å². The van der Waals surface area contributed by atoms with Crippen molar-refractivity contribution in [2.24, 2.45) is 35.5 Å². The smallest absolute Gasteiger partial charge is 0.124 e. The van der Waals surface area contributed by atoms with Crippen molar-refractivity contribution in [3.05, 3.63) is 106 Å². The van der Waals surface area contributed by atoms with Crippen molar-refractivity contribution in [3.63, 3.8) is 0 Å². The lowest BCUT2D eigenvalue weighted by Gasteiger charge is -2.67. The third-order valence-corrected chi connectivity index (χ3v) is 12.6. The van der Waals surface area contributed by atoms with E-state index in [2.05, 4.69) is 42.5 Å². The van der Waals surface area contributed by atoms with Gasteiger partial charge in [-0.05, 0) is 78.2 Å². The van der Waals surface area contributed by atoms with Crippen LogP contribution >= 0.6 is 0 Å². The molecule has 0 radical (unpaired) electrons. The first kappa shape index (κ1) is 22.7. The summed E-state index contributed by atoms with van der Waals surface area (Å²) in [6.07, 6.45) is 22.0. The highest BCUT2D eigenvalue weighted by molar-refractivity contribution is 5.70. The van der Waals surface area contributed by atoms with Crippen LogP contribution in [0.15, 0.2) is 106 Å². The number of epoxide rings is 2. The number of rotatable bonds is 2. The van der Waals surface area contributed by atoms with Crippen LogP contribution in [-0.4, -0.2) is 56.0 Å². The van der Waals surface area contributed by atoms with Crippen LogP contribution in [0, 0.1) is 35.5 Å². The molecule has 3 aliphatic heterocycles. The Morgan fingerprint density at radius 2 is 1.93 bits per heavy atom. The van der Waals surface area contributed by atoms with Crippen LogP contribution in [0.5, 0.6) is 0 Å². The monoisotopic (exact) mass is 548 g/mol. The summed E-state index contributed by atoms with van der Waals surface area (Å²) in [5, 5.41) is 37.5. The van der Waals surface area contributed by atoms with E-state index in [-0.39, 0.29) is 53.3 Å². The van der Waals surface area contributed by atoms with Crippen LogP contribution in [0.2, 0.25) is 0 Å². The molecule has 8 aliphatic carbocycles. The van der Waals surface area contributed by atoms with Gasteiger partial charge in [0.2, 0.25) is 0 Å². The Bertz CT molecular complexity index is 1710. The zero-order valence-electron chi connectivity index (χ0n) is 23.0. The molecule has 11 rings (SSSR count). The van der Waals surface area contributed by atoms with Gasteiger partial charge in [0.1, 0.15) is 52.2 Å². The molecule has 3 N–H and O–H groups in total. The molecule has 2 saturated heterocycles. The van der Waals surface area contributed by atoms with Crippen molar-refractivity contribution in [1.29, 1.82) is 0 Å². The molecule has 13 atom stereocenters. The fraction of sp³-hybridized carbons (Fsp3) is 0.486. The third kappa shape index (κ3) is 2.11. The van der Waals surface area contributed by atoms with E-state index in [4.69, 9.17) is 14.2 Å². The molecule has 0 amide bonds. The van der Waals surface area contributed by atoms with Crippen molar-refractivity contribution in [3.8, 4) is 0 Å². The maximum atomic E-state index is 13.2. The van der Waals surface area contributed by atoms with E-state index in [1.807, 2.05) is 32.1 Å². The summed E-state index contributed by atoms with van der Waals surface area (Å²) in [6.45, 7) is 4.01. The second kappa shape index (κ2) is 6.37. The van der Waals surface area contributed by atoms with E-state index in [1.165, 1.54) is 11.1 Å². The Hall–Kier alpha value is -2.90. The van der Waals surface area contributed by atoms with Gasteiger partial charge in [0.15, 0.2) is 0 Å². The Morgan fingerprint density at radius 1 is 1.05 bits per heavy atom. The highest BCUT2D eigenvalue weighted by Crippen LogP contribution is 2.77. The largest absolute Gasteiger partial charge is 0.508 e. The fourth-order valence-corrected chi connectivity index (χ4v) is 11.3. The van der Waals surface area contributed by atoms with Gasteiger partial charge in [-0.2, -0.15) is 0 Å². The molecule has 6 nitrogen and oxygen atoms in total. The van der Waals surface area contributed by atoms with E-state index >= 15 is 0 Å². The number of ether oxygens (including phenoxy) is 3. The number of hydrogen-bond acceptors (Lipinski definition) is 6. The second-order valence-electron chi connectivity index (χ2n) is 14.1. The molecule has 6 heteroatoms. The van der Waals surface area contributed by atoms with Gasteiger partial charge in [-0.15, -0.1) is 0 Å². The highest BCUT2D eigenvalue weighted by atomic mass is 16.6. The van der Waals surface area contributed by atoms with Crippen molar-refractivity contribution < 1.29 is 29.5 Å². The van der Waals surface area contributed by atoms with Gasteiger partial charge in [-0.3, -0.25) is 0 Å². The molecule has 208 valence electrons. The molecule has 2 spiro atoms. The maximum Gasteiger partial charge on any atom is 0.124 e. The summed E-state index contributed by atoms with van der Waals surface area (Å²) in [6, 6.07) is 0. The lowest BCUT2D eigenvalue weighted by molar-refractivity contribution is -0.222. The molecule has 3 fully saturated rings. The van der Waals surface area contributed by atoms with E-state index in [9.17, 15) is 15.3 Å². The summed E-state index contributed by atoms with van der Waals surface area (Å²) >= 11 is 0. The van der Waals surface area contributed by atoms with E-state index in [1.54, 1.807) is 0 Å². The van der Waals surface area contributed by atoms with Gasteiger partial charge in [0, 0.05) is 17.8 Å². The lowest BCUT2D eigenvalue weighted by atomic mass is 9.39. The first-order valence-corrected chi connectivity index (χ1v) is 15.3. The second-order valence-corrected chi connectivity index (χ2v) is 14.1. The molecular weight excluding hydrogens is 516 g/mol. The molecule has 41 heavy (non-hydrogen) atoms. The molecule has 0 aromatic heterocycles. The van der Waals surface area contributed by atoms with Crippen molar-refractivity contribution in [2.45, 2.75) is 67.4 Å². The molecular formula is C35H32O6. The third-order valence-electron chi connectivity index (χ3n) is 12.6. The number of aliphatic hydroxyl groups excluding tert-OH is 1. The van der Waals surface area contributed by atoms with Crippen LogP contribution in [0.1, 0.15) is 26.7 Å². The van der Waals surface area contributed by atoms with Gasteiger partial charge in [-0.1, -0.05) is 49.0 Å². The van der Waals surface area contributed by atoms with Crippen molar-refractivity contribution in [1.82, 2.24) is 0 Å². The minimum Gasteiger partial charge on any atom is -0.508 e. The summed E-state index contributed by atoms with van der Waals surface area (Å²) in [5.74, 6) is -0.0400. The van der Waals surface area contributed by atoms with Crippen molar-refractivity contribution in [2.75, 3.05) is 0 Å². The molecule has 0 bridgehead atoms. The molecule has 1 saturated carbocycles. The average Bonchev–Trinajstić information content (AvgIpc) is 3.85. The van der Waals surface area contributed by atoms with Gasteiger partial charge in [0.25, 0.3) is 0 Å². The molecule has 0 aromatic rings. The molecule has 11 aliphatic rings. The highest BCUT2D eigenvalue weighted by Gasteiger charge is 2.82. The minimum absolute atomic E-state index is 0.0119. The van der Waals surface area contributed by atoms with Crippen LogP contribution in [0.25, 0.3) is 0 Å². The lowest BCUT2D eigenvalue weighted by Crippen LogP contribution is -2.73. The molecule has 3 heterocycles. The topological polar surface area (TPSA) is 95.0 Å². The number of fused-ring (bicyclic) bond motifs is 1. The predicted octanol–water partition coefficient (Wildman–Crippen LogP) is 4.19. The fourth-order valence-electron chi connectivity index (χ4n) is 11.3. The maximum absolute atomic E-state index is 13.2. The standard InChI is InChI=1S/C35H32O6/c1-3-4-20(36)26-24-18-8-11-33-21(40-33)9-12-34-30(33)25(18)23-19(31(34)41-34)6-5-17-14-32(37)10-7-16-13-15(2)39-29(26)27(16)35(32,38)28(24)22(17)23/h4-13,15,17,21-22,25,27-28,30-31,36-38H,3,14H2,1-2H3. The van der Waals surface area contributed by atoms with E-state index in [0.29, 0.717) is 24.2 Å². The zero-order chi connectivity index (χ0) is 27.4. The van der Waals surface area contributed by atoms with Crippen LogP contribution in [-0.2, 0) is 14.2 Å². The van der Waals surface area contributed by atoms with Gasteiger partial charge < -0.3 is 29.5 Å². The first-order valence-electron chi connectivity index (χ1n) is 15.3. The Labute approximate surface area is 238 Å². The van der Waals surface area contributed by atoms with Crippen LogP contribution in [0.4, 0.5) is 0 Å².